The number of rotatable bonds is 8. The van der Waals surface area contributed by atoms with Crippen LogP contribution in [0, 0.1) is 17.8 Å². The number of urea groups is 1. The van der Waals surface area contributed by atoms with Gasteiger partial charge in [-0.05, 0) is 80.5 Å². The number of nitrogens with one attached hydrogen (secondary N) is 4. The highest BCUT2D eigenvalue weighted by Crippen LogP contribution is 2.55. The Hall–Kier alpha value is -3.38. The molecule has 5 amide bonds. The molecule has 0 radical (unpaired) electrons. The topological polar surface area (TPSA) is 201 Å². The fraction of sp³-hybridized carbons (Fsp3) is 0.542. The van der Waals surface area contributed by atoms with Crippen molar-refractivity contribution in [3.8, 4) is 0 Å². The van der Waals surface area contributed by atoms with E-state index in [0.29, 0.717) is 23.4 Å². The summed E-state index contributed by atoms with van der Waals surface area (Å²) in [4.78, 5) is 53.3. The molecule has 0 aliphatic heterocycles. The molecule has 5 rings (SSSR count). The minimum Gasteiger partial charge on any atom is -0.394 e. The SMILES string of the molecule is Cl.NC(N)=Nc1ccc(C(=O)NC(=O)CNC(=O)[C@H](CO)NC(=O)NC23CC4CC(CC(C4)C2)C3)cc1. The Kier molecular flexibility index (Phi) is 8.98. The lowest BCUT2D eigenvalue weighted by Crippen LogP contribution is -2.63. The Morgan fingerprint density at radius 3 is 2.08 bits per heavy atom. The van der Waals surface area contributed by atoms with Crippen LogP contribution in [-0.2, 0) is 9.59 Å². The summed E-state index contributed by atoms with van der Waals surface area (Å²) in [5.41, 5.74) is 11.0. The third kappa shape index (κ3) is 7.10. The summed E-state index contributed by atoms with van der Waals surface area (Å²) >= 11 is 0. The zero-order chi connectivity index (χ0) is 25.9. The molecule has 202 valence electrons. The van der Waals surface area contributed by atoms with Crippen molar-refractivity contribution in [2.45, 2.75) is 50.1 Å². The molecule has 0 aromatic heterocycles. The lowest BCUT2D eigenvalue weighted by molar-refractivity contribution is -0.127. The van der Waals surface area contributed by atoms with Crippen molar-refractivity contribution >= 4 is 47.8 Å². The lowest BCUT2D eigenvalue weighted by atomic mass is 9.53. The fourth-order valence-electron chi connectivity index (χ4n) is 6.26. The predicted molar refractivity (Wildman–Crippen MR) is 138 cm³/mol. The monoisotopic (exact) mass is 535 g/mol. The number of benzene rings is 1. The van der Waals surface area contributed by atoms with Crippen LogP contribution < -0.4 is 32.7 Å². The van der Waals surface area contributed by atoms with Crippen LogP contribution in [0.2, 0.25) is 0 Å². The highest BCUT2D eigenvalue weighted by atomic mass is 35.5. The Morgan fingerprint density at radius 1 is 1.00 bits per heavy atom. The number of carbonyl (C=O) groups is 4. The second-order valence-corrected chi connectivity index (χ2v) is 10.2. The average molecular weight is 536 g/mol. The Morgan fingerprint density at radius 2 is 1.57 bits per heavy atom. The molecular weight excluding hydrogens is 502 g/mol. The van der Waals surface area contributed by atoms with Gasteiger partial charge in [0.1, 0.15) is 6.04 Å². The van der Waals surface area contributed by atoms with Crippen LogP contribution in [0.15, 0.2) is 29.3 Å². The van der Waals surface area contributed by atoms with Crippen molar-refractivity contribution < 1.29 is 24.3 Å². The first-order valence-electron chi connectivity index (χ1n) is 12.2. The number of aliphatic hydroxyl groups excluding tert-OH is 1. The maximum absolute atomic E-state index is 12.7. The molecule has 37 heavy (non-hydrogen) atoms. The van der Waals surface area contributed by atoms with E-state index >= 15 is 0 Å². The first kappa shape index (κ1) is 28.2. The fourth-order valence-corrected chi connectivity index (χ4v) is 6.26. The number of carbonyl (C=O) groups excluding carboxylic acids is 4. The number of nitrogens with two attached hydrogens (primary N) is 2. The number of halogens is 1. The van der Waals surface area contributed by atoms with E-state index in [1.807, 2.05) is 0 Å². The summed E-state index contributed by atoms with van der Waals surface area (Å²) in [6.07, 6.45) is 6.56. The van der Waals surface area contributed by atoms with Crippen molar-refractivity contribution in [1.82, 2.24) is 21.3 Å². The molecule has 0 spiro atoms. The molecule has 4 fully saturated rings. The van der Waals surface area contributed by atoms with Crippen LogP contribution in [0.5, 0.6) is 0 Å². The van der Waals surface area contributed by atoms with Gasteiger partial charge in [0.2, 0.25) is 11.8 Å². The van der Waals surface area contributed by atoms with Gasteiger partial charge in [0, 0.05) is 11.1 Å². The van der Waals surface area contributed by atoms with Crippen molar-refractivity contribution in [3.63, 3.8) is 0 Å². The van der Waals surface area contributed by atoms with Gasteiger partial charge >= 0.3 is 6.03 Å². The van der Waals surface area contributed by atoms with E-state index in [1.54, 1.807) is 0 Å². The normalized spacial score (nSPS) is 25.7. The second kappa shape index (κ2) is 11.8. The number of amides is 5. The molecule has 12 nitrogen and oxygen atoms in total. The molecule has 1 aromatic rings. The minimum absolute atomic E-state index is 0. The van der Waals surface area contributed by atoms with Crippen molar-refractivity contribution in [2.75, 3.05) is 13.2 Å². The van der Waals surface area contributed by atoms with Crippen LogP contribution in [0.1, 0.15) is 48.9 Å². The van der Waals surface area contributed by atoms with Crippen LogP contribution >= 0.6 is 12.4 Å². The molecular formula is C24H34ClN7O5. The van der Waals surface area contributed by atoms with Crippen molar-refractivity contribution in [1.29, 1.82) is 0 Å². The van der Waals surface area contributed by atoms with E-state index < -0.39 is 42.9 Å². The molecule has 0 heterocycles. The second-order valence-electron chi connectivity index (χ2n) is 10.2. The summed E-state index contributed by atoms with van der Waals surface area (Å²) in [5, 5.41) is 19.7. The standard InChI is InChI=1S/C24H33N7O5.ClH/c25-22(26)28-17-3-1-16(2-4-17)20(34)30-19(33)11-27-21(35)18(12-32)29-23(36)31-24-8-13-5-14(9-24)7-15(6-13)10-24;/h1-4,13-15,18,32H,5-12H2,(H,27,35)(H4,25,26,28)(H2,29,31,36)(H,30,33,34);1H/t13?,14?,15?,18-,24?;/m0./s1. The number of hydrogen-bond donors (Lipinski definition) is 7. The van der Waals surface area contributed by atoms with E-state index in [0.717, 1.165) is 19.3 Å². The molecule has 13 heteroatoms. The predicted octanol–water partition coefficient (Wildman–Crippen LogP) is 0.0148. The van der Waals surface area contributed by atoms with Gasteiger partial charge in [-0.1, -0.05) is 0 Å². The van der Waals surface area contributed by atoms with Gasteiger partial charge in [-0.3, -0.25) is 19.7 Å². The lowest BCUT2D eigenvalue weighted by Gasteiger charge is -2.56. The van der Waals surface area contributed by atoms with E-state index in [2.05, 4.69) is 26.3 Å². The summed E-state index contributed by atoms with van der Waals surface area (Å²) in [5.74, 6) is -0.349. The van der Waals surface area contributed by atoms with Crippen LogP contribution in [-0.4, -0.2) is 59.6 Å². The summed E-state index contributed by atoms with van der Waals surface area (Å²) in [7, 11) is 0. The molecule has 0 saturated heterocycles. The molecule has 4 saturated carbocycles. The molecule has 4 bridgehead atoms. The van der Waals surface area contributed by atoms with Gasteiger partial charge in [-0.25, -0.2) is 9.79 Å². The average Bonchev–Trinajstić information content (AvgIpc) is 2.79. The minimum atomic E-state index is -1.23. The summed E-state index contributed by atoms with van der Waals surface area (Å²) < 4.78 is 0. The van der Waals surface area contributed by atoms with Crippen LogP contribution in [0.4, 0.5) is 10.5 Å². The zero-order valence-electron chi connectivity index (χ0n) is 20.4. The summed E-state index contributed by atoms with van der Waals surface area (Å²) in [6.45, 7) is -1.14. The number of aliphatic imine (C=N–C) groups is 1. The Labute approximate surface area is 220 Å². The molecule has 4 aliphatic carbocycles. The van der Waals surface area contributed by atoms with Crippen LogP contribution in [0.25, 0.3) is 0 Å². The zero-order valence-corrected chi connectivity index (χ0v) is 21.2. The molecule has 9 N–H and O–H groups in total. The Balaban J connectivity index is 0.00000380. The maximum Gasteiger partial charge on any atom is 0.315 e. The van der Waals surface area contributed by atoms with Gasteiger partial charge in [0.05, 0.1) is 18.8 Å². The molecule has 1 aromatic carbocycles. The van der Waals surface area contributed by atoms with Gasteiger partial charge in [-0.2, -0.15) is 0 Å². The number of imide groups is 1. The van der Waals surface area contributed by atoms with Crippen molar-refractivity contribution in [2.24, 2.45) is 34.2 Å². The number of aliphatic hydroxyl groups is 1. The van der Waals surface area contributed by atoms with Gasteiger partial charge in [0.15, 0.2) is 5.96 Å². The van der Waals surface area contributed by atoms with Gasteiger partial charge in [-0.15, -0.1) is 12.4 Å². The third-order valence-corrected chi connectivity index (χ3v) is 7.29. The first-order valence-corrected chi connectivity index (χ1v) is 12.2. The smallest absolute Gasteiger partial charge is 0.315 e. The first-order chi connectivity index (χ1) is 17.1. The highest BCUT2D eigenvalue weighted by Gasteiger charge is 2.51. The Bertz CT molecular complexity index is 1020. The van der Waals surface area contributed by atoms with Gasteiger partial charge in [0.25, 0.3) is 5.91 Å². The van der Waals surface area contributed by atoms with Gasteiger partial charge < -0.3 is 32.5 Å². The molecule has 4 aliphatic rings. The number of guanidine groups is 1. The van der Waals surface area contributed by atoms with Crippen molar-refractivity contribution in [3.05, 3.63) is 29.8 Å². The summed E-state index contributed by atoms with van der Waals surface area (Å²) in [6, 6.07) is 4.16. The number of nitrogens with zero attached hydrogens (tertiary/aromatic N) is 1. The third-order valence-electron chi connectivity index (χ3n) is 7.29. The maximum atomic E-state index is 12.7. The highest BCUT2D eigenvalue weighted by molar-refractivity contribution is 6.06. The largest absolute Gasteiger partial charge is 0.394 e. The van der Waals surface area contributed by atoms with E-state index in [4.69, 9.17) is 11.5 Å². The number of hydrogen-bond acceptors (Lipinski definition) is 6. The molecule has 1 atom stereocenters. The van der Waals surface area contributed by atoms with E-state index in [-0.39, 0.29) is 29.5 Å². The van der Waals surface area contributed by atoms with E-state index in [9.17, 15) is 24.3 Å². The van der Waals surface area contributed by atoms with Crippen LogP contribution in [0.3, 0.4) is 0 Å². The molecule has 0 unspecified atom stereocenters. The van der Waals surface area contributed by atoms with E-state index in [1.165, 1.54) is 43.5 Å². The quantitative estimate of drug-likeness (QED) is 0.179.